The van der Waals surface area contributed by atoms with E-state index in [0.717, 1.165) is 6.07 Å². The van der Waals surface area contributed by atoms with Crippen LogP contribution in [0.3, 0.4) is 0 Å². The molecule has 0 unspecified atom stereocenters. The van der Waals surface area contributed by atoms with Crippen LogP contribution in [0.5, 0.6) is 0 Å². The van der Waals surface area contributed by atoms with Gasteiger partial charge in [-0.15, -0.1) is 0 Å². The molecule has 0 aliphatic heterocycles. The molecule has 0 aromatic heterocycles. The molecule has 0 fully saturated rings. The molecule has 2 aromatic carbocycles. The molecular formula is C16H14ClN3O5. The number of anilines is 2. The number of rotatable bonds is 5. The summed E-state index contributed by atoms with van der Waals surface area (Å²) in [5.74, 6) is -0.644. The van der Waals surface area contributed by atoms with Gasteiger partial charge in [-0.25, -0.2) is 4.79 Å². The largest absolute Gasteiger partial charge is 0.450 e. The van der Waals surface area contributed by atoms with Crippen LogP contribution in [0.15, 0.2) is 42.5 Å². The average Bonchev–Trinajstić information content (AvgIpc) is 2.56. The van der Waals surface area contributed by atoms with Gasteiger partial charge < -0.3 is 10.1 Å². The molecule has 0 bridgehead atoms. The van der Waals surface area contributed by atoms with E-state index in [9.17, 15) is 19.7 Å². The predicted molar refractivity (Wildman–Crippen MR) is 93.1 cm³/mol. The van der Waals surface area contributed by atoms with Crippen molar-refractivity contribution in [1.82, 2.24) is 0 Å². The summed E-state index contributed by atoms with van der Waals surface area (Å²) in [6.07, 6.45) is -0.587. The number of halogens is 1. The van der Waals surface area contributed by atoms with E-state index in [4.69, 9.17) is 16.3 Å². The van der Waals surface area contributed by atoms with E-state index in [1.54, 1.807) is 31.2 Å². The van der Waals surface area contributed by atoms with Gasteiger partial charge in [0.2, 0.25) is 0 Å². The third-order valence-corrected chi connectivity index (χ3v) is 3.30. The highest BCUT2D eigenvalue weighted by Crippen LogP contribution is 2.24. The Hall–Kier alpha value is -3.13. The van der Waals surface area contributed by atoms with Crippen LogP contribution in [0, 0.1) is 10.1 Å². The summed E-state index contributed by atoms with van der Waals surface area (Å²) < 4.78 is 4.75. The highest BCUT2D eigenvalue weighted by molar-refractivity contribution is 6.31. The number of nitrogens with one attached hydrogen (secondary N) is 2. The number of ether oxygens (including phenoxy) is 1. The maximum atomic E-state index is 12.3. The van der Waals surface area contributed by atoms with Crippen molar-refractivity contribution < 1.29 is 19.2 Å². The quantitative estimate of drug-likeness (QED) is 0.614. The van der Waals surface area contributed by atoms with Crippen LogP contribution in [-0.4, -0.2) is 23.5 Å². The van der Waals surface area contributed by atoms with Crippen molar-refractivity contribution in [3.05, 3.63) is 63.2 Å². The van der Waals surface area contributed by atoms with E-state index in [2.05, 4.69) is 10.6 Å². The van der Waals surface area contributed by atoms with Gasteiger partial charge in [0.05, 0.1) is 11.5 Å². The molecular weight excluding hydrogens is 350 g/mol. The number of nitro groups is 1. The average molecular weight is 364 g/mol. The molecule has 130 valence electrons. The van der Waals surface area contributed by atoms with E-state index in [1.165, 1.54) is 12.1 Å². The highest BCUT2D eigenvalue weighted by atomic mass is 35.5. The zero-order chi connectivity index (χ0) is 18.4. The van der Waals surface area contributed by atoms with Crippen LogP contribution in [0.2, 0.25) is 5.02 Å². The lowest BCUT2D eigenvalue weighted by Crippen LogP contribution is -2.15. The van der Waals surface area contributed by atoms with E-state index in [0.29, 0.717) is 11.4 Å². The summed E-state index contributed by atoms with van der Waals surface area (Å²) in [6, 6.07) is 10.00. The summed E-state index contributed by atoms with van der Waals surface area (Å²) >= 11 is 5.73. The molecule has 0 atom stereocenters. The lowest BCUT2D eigenvalue weighted by Gasteiger charge is -2.08. The van der Waals surface area contributed by atoms with Gasteiger partial charge in [-0.2, -0.15) is 0 Å². The van der Waals surface area contributed by atoms with Crippen LogP contribution < -0.4 is 10.6 Å². The molecule has 2 aromatic rings. The molecule has 2 N–H and O–H groups in total. The Labute approximate surface area is 147 Å². The van der Waals surface area contributed by atoms with Gasteiger partial charge in [0.1, 0.15) is 5.56 Å². The second kappa shape index (κ2) is 8.11. The third kappa shape index (κ3) is 4.92. The van der Waals surface area contributed by atoms with Crippen molar-refractivity contribution in [3.8, 4) is 0 Å². The second-order valence-electron chi connectivity index (χ2n) is 4.80. The first kappa shape index (κ1) is 18.2. The Morgan fingerprint density at radius 2 is 1.72 bits per heavy atom. The molecule has 8 nitrogen and oxygen atoms in total. The van der Waals surface area contributed by atoms with E-state index < -0.39 is 16.9 Å². The Bertz CT molecular complexity index is 808. The van der Waals surface area contributed by atoms with Gasteiger partial charge in [0.25, 0.3) is 11.6 Å². The smallest absolute Gasteiger partial charge is 0.411 e. The van der Waals surface area contributed by atoms with Gasteiger partial charge in [-0.1, -0.05) is 11.6 Å². The summed E-state index contributed by atoms with van der Waals surface area (Å²) in [6.45, 7) is 1.94. The molecule has 0 radical (unpaired) electrons. The summed E-state index contributed by atoms with van der Waals surface area (Å²) in [4.78, 5) is 33.9. The van der Waals surface area contributed by atoms with Crippen LogP contribution in [0.4, 0.5) is 21.9 Å². The van der Waals surface area contributed by atoms with Gasteiger partial charge in [-0.05, 0) is 43.3 Å². The predicted octanol–water partition coefficient (Wildman–Crippen LogP) is 4.07. The van der Waals surface area contributed by atoms with Gasteiger partial charge in [0.15, 0.2) is 0 Å². The number of nitro benzene ring substituents is 1. The summed E-state index contributed by atoms with van der Waals surface area (Å²) in [5.41, 5.74) is 0.395. The van der Waals surface area contributed by atoms with Gasteiger partial charge in [-0.3, -0.25) is 20.2 Å². The number of benzene rings is 2. The SMILES string of the molecule is CCOC(=O)Nc1ccc(NC(=O)c2ccc(Cl)cc2[N+](=O)[O-])cc1. The fraction of sp³-hybridized carbons (Fsp3) is 0.125. The zero-order valence-electron chi connectivity index (χ0n) is 13.1. The topological polar surface area (TPSA) is 111 Å². The molecule has 0 saturated heterocycles. The molecule has 0 spiro atoms. The Morgan fingerprint density at radius 1 is 1.12 bits per heavy atom. The Balaban J connectivity index is 2.11. The first-order valence-corrected chi connectivity index (χ1v) is 7.57. The number of carbonyl (C=O) groups is 2. The molecule has 25 heavy (non-hydrogen) atoms. The van der Waals surface area contributed by atoms with E-state index >= 15 is 0 Å². The monoisotopic (exact) mass is 363 g/mol. The molecule has 2 rings (SSSR count). The molecule has 0 aliphatic rings. The van der Waals surface area contributed by atoms with Crippen molar-refractivity contribution in [1.29, 1.82) is 0 Å². The van der Waals surface area contributed by atoms with Crippen molar-refractivity contribution in [2.24, 2.45) is 0 Å². The Kier molecular flexibility index (Phi) is 5.91. The molecule has 9 heteroatoms. The number of hydrogen-bond donors (Lipinski definition) is 2. The fourth-order valence-electron chi connectivity index (χ4n) is 1.97. The first-order valence-electron chi connectivity index (χ1n) is 7.20. The summed E-state index contributed by atoms with van der Waals surface area (Å²) in [5, 5.41) is 16.3. The molecule has 0 aliphatic carbocycles. The second-order valence-corrected chi connectivity index (χ2v) is 5.23. The zero-order valence-corrected chi connectivity index (χ0v) is 13.9. The number of hydrogen-bond acceptors (Lipinski definition) is 5. The molecule has 0 saturated carbocycles. The standard InChI is InChI=1S/C16H14ClN3O5/c1-2-25-16(22)19-12-6-4-11(5-7-12)18-15(21)13-8-3-10(17)9-14(13)20(23)24/h3-9H,2H2,1H3,(H,18,21)(H,19,22). The summed E-state index contributed by atoms with van der Waals surface area (Å²) in [7, 11) is 0. The Morgan fingerprint density at radius 3 is 2.28 bits per heavy atom. The van der Waals surface area contributed by atoms with Crippen LogP contribution in [0.25, 0.3) is 0 Å². The number of carbonyl (C=O) groups excluding carboxylic acids is 2. The number of nitrogens with zero attached hydrogens (tertiary/aromatic N) is 1. The van der Waals surface area contributed by atoms with E-state index in [-0.39, 0.29) is 22.9 Å². The normalized spacial score (nSPS) is 10.0. The molecule has 2 amide bonds. The van der Waals surface area contributed by atoms with Crippen LogP contribution in [-0.2, 0) is 4.74 Å². The lowest BCUT2D eigenvalue weighted by molar-refractivity contribution is -0.385. The van der Waals surface area contributed by atoms with Crippen LogP contribution >= 0.6 is 11.6 Å². The van der Waals surface area contributed by atoms with Crippen molar-refractivity contribution in [2.45, 2.75) is 6.92 Å². The van der Waals surface area contributed by atoms with Crippen molar-refractivity contribution in [3.63, 3.8) is 0 Å². The number of amides is 2. The van der Waals surface area contributed by atoms with Gasteiger partial charge >= 0.3 is 6.09 Å². The maximum Gasteiger partial charge on any atom is 0.411 e. The van der Waals surface area contributed by atoms with Crippen LogP contribution in [0.1, 0.15) is 17.3 Å². The minimum absolute atomic E-state index is 0.108. The van der Waals surface area contributed by atoms with E-state index in [1.807, 2.05) is 0 Å². The molecule has 0 heterocycles. The lowest BCUT2D eigenvalue weighted by atomic mass is 10.1. The minimum Gasteiger partial charge on any atom is -0.450 e. The third-order valence-electron chi connectivity index (χ3n) is 3.07. The fourth-order valence-corrected chi connectivity index (χ4v) is 2.13. The highest BCUT2D eigenvalue weighted by Gasteiger charge is 2.20. The maximum absolute atomic E-state index is 12.3. The van der Waals surface area contributed by atoms with Crippen molar-refractivity contribution in [2.75, 3.05) is 17.2 Å². The van der Waals surface area contributed by atoms with Crippen molar-refractivity contribution >= 4 is 40.7 Å². The first-order chi connectivity index (χ1) is 11.9. The minimum atomic E-state index is -0.673. The van der Waals surface area contributed by atoms with Gasteiger partial charge in [0, 0.05) is 22.5 Å².